The zero-order chi connectivity index (χ0) is 38.1. The van der Waals surface area contributed by atoms with Crippen LogP contribution in [0.4, 0.5) is 17.1 Å². The van der Waals surface area contributed by atoms with Crippen LogP contribution in [0.3, 0.4) is 0 Å². The number of nitrogens with zero attached hydrogens (tertiary/aromatic N) is 2. The molecule has 3 aromatic carbocycles. The maximum atomic E-state index is 12.5. The van der Waals surface area contributed by atoms with Crippen molar-refractivity contribution >= 4 is 57.2 Å². The Morgan fingerprint density at radius 2 is 1.57 bits per heavy atom. The van der Waals surface area contributed by atoms with Crippen LogP contribution in [0.1, 0.15) is 54.4 Å². The number of non-ortho nitro benzene ring substituents is 1. The number of benzene rings is 4. The summed E-state index contributed by atoms with van der Waals surface area (Å²) in [6, 6.07) is 17.2. The number of thiocarbonyl (C=S) groups is 1. The molecular formula is C37H35N5O10S. The second-order valence-corrected chi connectivity index (χ2v) is 12.6. The van der Waals surface area contributed by atoms with E-state index in [0.717, 1.165) is 18.9 Å². The summed E-state index contributed by atoms with van der Waals surface area (Å²) in [5.41, 5.74) is 1.69. The third kappa shape index (κ3) is 9.68. The molecule has 5 N–H and O–H groups in total. The number of nitrogens with one attached hydrogen (secondary N) is 3. The number of phenols is 1. The molecule has 53 heavy (non-hydrogen) atoms. The molecule has 3 aromatic rings. The first-order valence-corrected chi connectivity index (χ1v) is 17.1. The first kappa shape index (κ1) is 37.8. The highest BCUT2D eigenvalue weighted by molar-refractivity contribution is 7.80. The number of aromatic hydroxyl groups is 1. The summed E-state index contributed by atoms with van der Waals surface area (Å²) in [5.74, 6) is -1.09. The van der Waals surface area contributed by atoms with Gasteiger partial charge >= 0.3 is 5.97 Å². The Hall–Kier alpha value is -6.42. The van der Waals surface area contributed by atoms with Crippen LogP contribution in [-0.2, 0) is 11.2 Å². The number of aromatic carboxylic acids is 1. The molecular weight excluding hydrogens is 706 g/mol. The lowest BCUT2D eigenvalue weighted by Crippen LogP contribution is -2.32. The molecule has 16 heteroatoms. The second kappa shape index (κ2) is 17.2. The highest BCUT2D eigenvalue weighted by Crippen LogP contribution is 2.42. The van der Waals surface area contributed by atoms with E-state index in [1.165, 1.54) is 42.5 Å². The van der Waals surface area contributed by atoms with Gasteiger partial charge in [-0.15, -0.1) is 0 Å². The van der Waals surface area contributed by atoms with Gasteiger partial charge in [-0.2, -0.15) is 0 Å². The Bertz CT molecular complexity index is 2240. The number of nitro benzene ring substituents is 2. The summed E-state index contributed by atoms with van der Waals surface area (Å²) < 4.78 is 5.88. The van der Waals surface area contributed by atoms with Crippen LogP contribution >= 0.6 is 12.2 Å². The van der Waals surface area contributed by atoms with Crippen molar-refractivity contribution in [1.82, 2.24) is 10.6 Å². The monoisotopic (exact) mass is 741 g/mol. The number of carbonyl (C=O) groups excluding carboxylic acids is 1. The number of hydrogen-bond acceptors (Lipinski definition) is 10. The van der Waals surface area contributed by atoms with Crippen molar-refractivity contribution in [3.63, 3.8) is 0 Å². The highest BCUT2D eigenvalue weighted by atomic mass is 32.1. The van der Waals surface area contributed by atoms with E-state index < -0.39 is 15.8 Å². The van der Waals surface area contributed by atoms with Crippen molar-refractivity contribution in [2.45, 2.75) is 44.9 Å². The minimum atomic E-state index is -1.19. The lowest BCUT2D eigenvalue weighted by molar-refractivity contribution is -0.394. The molecule has 0 saturated heterocycles. The van der Waals surface area contributed by atoms with Crippen molar-refractivity contribution in [3.8, 4) is 28.2 Å². The summed E-state index contributed by atoms with van der Waals surface area (Å²) in [6.07, 6.45) is 4.11. The fourth-order valence-corrected chi connectivity index (χ4v) is 6.17. The number of hydrogen-bond donors (Lipinski definition) is 5. The molecule has 1 amide bonds. The van der Waals surface area contributed by atoms with E-state index in [0.29, 0.717) is 78.5 Å². The van der Waals surface area contributed by atoms with Gasteiger partial charge in [0.25, 0.3) is 11.4 Å². The Kier molecular flexibility index (Phi) is 12.3. The van der Waals surface area contributed by atoms with Crippen LogP contribution in [0.2, 0.25) is 0 Å². The maximum absolute atomic E-state index is 12.5. The quantitative estimate of drug-likeness (QED) is 0.0232. The largest absolute Gasteiger partial charge is 0.508 e. The van der Waals surface area contributed by atoms with Gasteiger partial charge < -0.3 is 30.6 Å². The molecule has 274 valence electrons. The topological polar surface area (TPSA) is 227 Å². The number of carboxylic acids is 1. The Labute approximate surface area is 307 Å². The minimum Gasteiger partial charge on any atom is -0.508 e. The van der Waals surface area contributed by atoms with Crippen molar-refractivity contribution in [3.05, 3.63) is 114 Å². The molecule has 2 aliphatic rings. The number of rotatable bonds is 16. The molecule has 15 nitrogen and oxygen atoms in total. The second-order valence-electron chi connectivity index (χ2n) is 12.2. The van der Waals surface area contributed by atoms with E-state index in [9.17, 15) is 44.8 Å². The first-order valence-electron chi connectivity index (χ1n) is 16.7. The molecule has 0 spiro atoms. The van der Waals surface area contributed by atoms with Gasteiger partial charge in [0, 0.05) is 65.5 Å². The van der Waals surface area contributed by atoms with Gasteiger partial charge in [-0.1, -0.05) is 18.9 Å². The van der Waals surface area contributed by atoms with E-state index in [1.54, 1.807) is 24.3 Å². The Morgan fingerprint density at radius 1 is 0.811 bits per heavy atom. The SMILES string of the molecule is O=C(CCCCCCc1ccc([N+](=O)[O-])cc1[N+](=O)[O-])NCCCNC(=S)Nc1ccc(-c2c3ccc(=O)cc-3oc3cc(O)ccc23)c(C(=O)O)c1. The fourth-order valence-electron chi connectivity index (χ4n) is 5.95. The van der Waals surface area contributed by atoms with Crippen molar-refractivity contribution in [2.75, 3.05) is 18.4 Å². The Balaban J connectivity index is 1.06. The summed E-state index contributed by atoms with van der Waals surface area (Å²) >= 11 is 5.40. The smallest absolute Gasteiger partial charge is 0.336 e. The lowest BCUT2D eigenvalue weighted by Gasteiger charge is -2.18. The molecule has 0 atom stereocenters. The van der Waals surface area contributed by atoms with Gasteiger partial charge in [-0.3, -0.25) is 29.8 Å². The third-order valence-electron chi connectivity index (χ3n) is 8.49. The molecule has 0 unspecified atom stereocenters. The molecule has 1 aliphatic carbocycles. The number of phenolic OH excluding ortho intramolecular Hbond substituents is 1. The molecule has 0 aromatic heterocycles. The van der Waals surface area contributed by atoms with Gasteiger partial charge in [-0.05, 0) is 85.9 Å². The van der Waals surface area contributed by atoms with Gasteiger partial charge in [0.05, 0.1) is 21.5 Å². The van der Waals surface area contributed by atoms with Crippen LogP contribution in [0, 0.1) is 20.2 Å². The highest BCUT2D eigenvalue weighted by Gasteiger charge is 2.23. The van der Waals surface area contributed by atoms with E-state index >= 15 is 0 Å². The summed E-state index contributed by atoms with van der Waals surface area (Å²) in [5, 5.41) is 52.1. The zero-order valence-corrected chi connectivity index (χ0v) is 29.1. The number of carboxylic acid groups (broad SMARTS) is 1. The van der Waals surface area contributed by atoms with Crippen molar-refractivity contribution in [2.24, 2.45) is 0 Å². The number of nitro groups is 2. The molecule has 0 saturated carbocycles. The van der Waals surface area contributed by atoms with Gasteiger partial charge in [-0.25, -0.2) is 4.79 Å². The molecule has 5 rings (SSSR count). The average molecular weight is 742 g/mol. The number of amides is 1. The van der Waals surface area contributed by atoms with Crippen molar-refractivity contribution < 1.29 is 34.1 Å². The summed E-state index contributed by atoms with van der Waals surface area (Å²) in [7, 11) is 0. The van der Waals surface area contributed by atoms with Crippen LogP contribution < -0.4 is 21.4 Å². The van der Waals surface area contributed by atoms with E-state index in [-0.39, 0.29) is 50.5 Å². The predicted molar refractivity (Wildman–Crippen MR) is 202 cm³/mol. The van der Waals surface area contributed by atoms with Crippen molar-refractivity contribution in [1.29, 1.82) is 0 Å². The predicted octanol–water partition coefficient (Wildman–Crippen LogP) is 6.77. The molecule has 1 heterocycles. The van der Waals surface area contributed by atoms with Crippen LogP contribution in [0.5, 0.6) is 5.75 Å². The number of unbranched alkanes of at least 4 members (excludes halogenated alkanes) is 3. The third-order valence-corrected chi connectivity index (χ3v) is 8.74. The number of fused-ring (bicyclic) bond motifs is 2. The molecule has 0 fully saturated rings. The van der Waals surface area contributed by atoms with E-state index in [2.05, 4.69) is 16.0 Å². The number of aryl methyl sites for hydroxylation is 1. The van der Waals surface area contributed by atoms with Gasteiger partial charge in [0.2, 0.25) is 5.91 Å². The first-order chi connectivity index (χ1) is 25.4. The lowest BCUT2D eigenvalue weighted by atomic mass is 9.90. The minimum absolute atomic E-state index is 0.0259. The molecule has 1 aliphatic heterocycles. The maximum Gasteiger partial charge on any atom is 0.336 e. The van der Waals surface area contributed by atoms with Gasteiger partial charge in [0.15, 0.2) is 10.5 Å². The fraction of sp³-hybridized carbons (Fsp3) is 0.243. The summed E-state index contributed by atoms with van der Waals surface area (Å²) in [6.45, 7) is 0.845. The molecule has 0 radical (unpaired) electrons. The summed E-state index contributed by atoms with van der Waals surface area (Å²) in [4.78, 5) is 57.7. The van der Waals surface area contributed by atoms with Crippen LogP contribution in [0.15, 0.2) is 82.0 Å². The molecule has 0 bridgehead atoms. The number of anilines is 1. The van der Waals surface area contributed by atoms with Gasteiger partial charge in [0.1, 0.15) is 17.1 Å². The zero-order valence-electron chi connectivity index (χ0n) is 28.3. The Morgan fingerprint density at radius 3 is 2.32 bits per heavy atom. The van der Waals surface area contributed by atoms with E-state index in [1.807, 2.05) is 0 Å². The van der Waals surface area contributed by atoms with E-state index in [4.69, 9.17) is 16.6 Å². The number of carbonyl (C=O) groups is 2. The van der Waals surface area contributed by atoms with Crippen LogP contribution in [0.25, 0.3) is 33.4 Å². The normalized spacial score (nSPS) is 10.9. The average Bonchev–Trinajstić information content (AvgIpc) is 3.11. The standard InChI is InChI=1S/C37H35N5O10S/c43-25-11-14-28-32(20-25)52-33-21-26(44)12-15-29(33)35(28)27-13-9-23(18-30(27)36(46)47)40-37(53)39-17-5-16-38-34(45)7-4-2-1-3-6-22-8-10-24(41(48)49)19-31(22)42(50)51/h8-15,18-21,43H,1-7,16-17H2,(H,38,45)(H,46,47)(H2,39,40,53). The van der Waals surface area contributed by atoms with Crippen LogP contribution in [-0.4, -0.2) is 50.1 Å².